The zero-order valence-corrected chi connectivity index (χ0v) is 13.5. The summed E-state index contributed by atoms with van der Waals surface area (Å²) in [4.78, 5) is 19.4. The lowest BCUT2D eigenvalue weighted by Crippen LogP contribution is -2.62. The van der Waals surface area contributed by atoms with Gasteiger partial charge in [0.15, 0.2) is 5.58 Å². The first-order valence-electron chi connectivity index (χ1n) is 8.27. The minimum Gasteiger partial charge on any atom is -0.460 e. The Morgan fingerprint density at radius 2 is 2.17 bits per heavy atom. The first-order valence-corrected chi connectivity index (χ1v) is 8.27. The Bertz CT molecular complexity index is 731. The number of hydrogen-bond acceptors (Lipinski definition) is 5. The molecule has 6 nitrogen and oxygen atoms in total. The fourth-order valence-corrected chi connectivity index (χ4v) is 4.02. The standard InChI is InChI=1S/C17H22N4O2/c1-10-16(11-3-5-21(10)6-4-11)20-17(22)13-7-12-14(18-2)9-23-15(12)8-19-13/h7-11,16,18H,3-6H2,1-2H3,(H,20,22)/t10-,16-/m0/s1. The molecule has 0 saturated carbocycles. The molecular formula is C17H22N4O2. The lowest BCUT2D eigenvalue weighted by Gasteiger charge is -2.49. The molecule has 3 saturated heterocycles. The van der Waals surface area contributed by atoms with Crippen molar-refractivity contribution in [2.45, 2.75) is 31.8 Å². The number of carbonyl (C=O) groups is 1. The van der Waals surface area contributed by atoms with Crippen LogP contribution in [0.2, 0.25) is 0 Å². The van der Waals surface area contributed by atoms with E-state index in [9.17, 15) is 4.79 Å². The van der Waals surface area contributed by atoms with E-state index in [1.165, 1.54) is 12.8 Å². The van der Waals surface area contributed by atoms with Gasteiger partial charge in [0.05, 0.1) is 11.9 Å². The van der Waals surface area contributed by atoms with Gasteiger partial charge in [0, 0.05) is 24.5 Å². The smallest absolute Gasteiger partial charge is 0.270 e. The zero-order chi connectivity index (χ0) is 16.0. The van der Waals surface area contributed by atoms with Gasteiger partial charge in [-0.1, -0.05) is 0 Å². The van der Waals surface area contributed by atoms with Crippen LogP contribution in [0.5, 0.6) is 0 Å². The number of carbonyl (C=O) groups excluding carboxylic acids is 1. The van der Waals surface area contributed by atoms with Crippen LogP contribution >= 0.6 is 0 Å². The van der Waals surface area contributed by atoms with Crippen molar-refractivity contribution in [3.05, 3.63) is 24.2 Å². The fourth-order valence-electron chi connectivity index (χ4n) is 4.02. The van der Waals surface area contributed by atoms with E-state index in [4.69, 9.17) is 4.42 Å². The maximum atomic E-state index is 12.7. The van der Waals surface area contributed by atoms with Gasteiger partial charge in [-0.3, -0.25) is 9.69 Å². The average Bonchev–Trinajstić information content (AvgIpc) is 3.00. The molecule has 3 aliphatic rings. The average molecular weight is 314 g/mol. The lowest BCUT2D eigenvalue weighted by atomic mass is 9.79. The van der Waals surface area contributed by atoms with E-state index in [1.54, 1.807) is 18.5 Å². The van der Waals surface area contributed by atoms with Gasteiger partial charge < -0.3 is 15.1 Å². The van der Waals surface area contributed by atoms with Crippen LogP contribution in [0.4, 0.5) is 5.69 Å². The Morgan fingerprint density at radius 3 is 2.87 bits per heavy atom. The summed E-state index contributed by atoms with van der Waals surface area (Å²) >= 11 is 0. The summed E-state index contributed by atoms with van der Waals surface area (Å²) in [5.74, 6) is 0.491. The van der Waals surface area contributed by atoms with Crippen LogP contribution in [0, 0.1) is 5.92 Å². The van der Waals surface area contributed by atoms with E-state index >= 15 is 0 Å². The number of furan rings is 1. The molecule has 3 fully saturated rings. The number of pyridine rings is 1. The molecule has 6 heteroatoms. The van der Waals surface area contributed by atoms with Crippen molar-refractivity contribution in [2.75, 3.05) is 25.5 Å². The molecule has 23 heavy (non-hydrogen) atoms. The summed E-state index contributed by atoms with van der Waals surface area (Å²) < 4.78 is 5.42. The van der Waals surface area contributed by atoms with E-state index in [0.29, 0.717) is 23.2 Å². The first kappa shape index (κ1) is 14.5. The third-order valence-electron chi connectivity index (χ3n) is 5.44. The summed E-state index contributed by atoms with van der Waals surface area (Å²) in [5, 5.41) is 7.17. The molecule has 5 rings (SSSR count). The predicted molar refractivity (Wildman–Crippen MR) is 88.6 cm³/mol. The molecule has 3 aliphatic heterocycles. The van der Waals surface area contributed by atoms with Crippen LogP contribution in [-0.2, 0) is 0 Å². The molecule has 0 aliphatic carbocycles. The fraction of sp³-hybridized carbons (Fsp3) is 0.529. The van der Waals surface area contributed by atoms with Gasteiger partial charge in [0.25, 0.3) is 5.91 Å². The van der Waals surface area contributed by atoms with Crippen LogP contribution in [0.25, 0.3) is 11.0 Å². The van der Waals surface area contributed by atoms with Crippen LogP contribution < -0.4 is 10.6 Å². The summed E-state index contributed by atoms with van der Waals surface area (Å²) in [6.07, 6.45) is 5.61. The highest BCUT2D eigenvalue weighted by Gasteiger charge is 2.40. The Morgan fingerprint density at radius 1 is 1.39 bits per heavy atom. The number of hydrogen-bond donors (Lipinski definition) is 2. The molecule has 2 aromatic rings. The SMILES string of the molecule is CNc1coc2cnc(C(=O)N[C@@H]3C4CCN(CC4)[C@H]3C)cc12. The first-order chi connectivity index (χ1) is 11.2. The van der Waals surface area contributed by atoms with Gasteiger partial charge in [-0.15, -0.1) is 0 Å². The van der Waals surface area contributed by atoms with Crippen molar-refractivity contribution >= 4 is 22.6 Å². The number of anilines is 1. The van der Waals surface area contributed by atoms with Crippen molar-refractivity contribution in [2.24, 2.45) is 5.92 Å². The van der Waals surface area contributed by atoms with E-state index in [2.05, 4.69) is 27.4 Å². The molecule has 0 spiro atoms. The van der Waals surface area contributed by atoms with Gasteiger partial charge >= 0.3 is 0 Å². The van der Waals surface area contributed by atoms with Crippen molar-refractivity contribution in [3.8, 4) is 0 Å². The van der Waals surface area contributed by atoms with Gasteiger partial charge in [0.1, 0.15) is 12.0 Å². The van der Waals surface area contributed by atoms with Gasteiger partial charge in [0.2, 0.25) is 0 Å². The van der Waals surface area contributed by atoms with Crippen LogP contribution in [0.15, 0.2) is 22.9 Å². The Labute approximate surface area is 135 Å². The molecule has 0 unspecified atom stereocenters. The Balaban J connectivity index is 1.57. The van der Waals surface area contributed by atoms with Crippen LogP contribution in [0.3, 0.4) is 0 Å². The van der Waals surface area contributed by atoms with E-state index < -0.39 is 0 Å². The highest BCUT2D eigenvalue weighted by molar-refractivity contribution is 5.98. The number of aromatic nitrogens is 1. The Hall–Kier alpha value is -2.08. The predicted octanol–water partition coefficient (Wildman–Crippen LogP) is 2.08. The monoisotopic (exact) mass is 314 g/mol. The van der Waals surface area contributed by atoms with Gasteiger partial charge in [-0.2, -0.15) is 0 Å². The largest absolute Gasteiger partial charge is 0.460 e. The normalized spacial score (nSPS) is 29.7. The number of piperidine rings is 3. The van der Waals surface area contributed by atoms with Crippen molar-refractivity contribution in [1.82, 2.24) is 15.2 Å². The van der Waals surface area contributed by atoms with Gasteiger partial charge in [-0.25, -0.2) is 4.98 Å². The van der Waals surface area contributed by atoms with Crippen LogP contribution in [-0.4, -0.2) is 48.0 Å². The maximum Gasteiger partial charge on any atom is 0.270 e. The second-order valence-electron chi connectivity index (χ2n) is 6.58. The maximum absolute atomic E-state index is 12.7. The van der Waals surface area contributed by atoms with E-state index in [1.807, 2.05) is 7.05 Å². The topological polar surface area (TPSA) is 70.4 Å². The number of fused-ring (bicyclic) bond motifs is 4. The molecule has 0 aromatic carbocycles. The molecular weight excluding hydrogens is 292 g/mol. The minimum absolute atomic E-state index is 0.0965. The molecule has 2 aromatic heterocycles. The van der Waals surface area contributed by atoms with Crippen molar-refractivity contribution in [1.29, 1.82) is 0 Å². The van der Waals surface area contributed by atoms with E-state index in [0.717, 1.165) is 24.2 Å². The van der Waals surface area contributed by atoms with Crippen LogP contribution in [0.1, 0.15) is 30.3 Å². The summed E-state index contributed by atoms with van der Waals surface area (Å²) in [6, 6.07) is 2.42. The highest BCUT2D eigenvalue weighted by atomic mass is 16.3. The van der Waals surface area contributed by atoms with Crippen molar-refractivity contribution < 1.29 is 9.21 Å². The summed E-state index contributed by atoms with van der Waals surface area (Å²) in [6.45, 7) is 4.52. The molecule has 122 valence electrons. The van der Waals surface area contributed by atoms with Crippen molar-refractivity contribution in [3.63, 3.8) is 0 Å². The minimum atomic E-state index is -0.0965. The zero-order valence-electron chi connectivity index (χ0n) is 13.5. The number of rotatable bonds is 3. The Kier molecular flexibility index (Phi) is 3.49. The molecule has 2 atom stereocenters. The lowest BCUT2D eigenvalue weighted by molar-refractivity contribution is 0.0216. The summed E-state index contributed by atoms with van der Waals surface area (Å²) in [5.41, 5.74) is 1.99. The number of nitrogens with one attached hydrogen (secondary N) is 2. The molecule has 2 N–H and O–H groups in total. The molecule has 0 radical (unpaired) electrons. The molecule has 5 heterocycles. The van der Waals surface area contributed by atoms with Gasteiger partial charge in [-0.05, 0) is 44.8 Å². The molecule has 2 bridgehead atoms. The third-order valence-corrected chi connectivity index (χ3v) is 5.44. The highest BCUT2D eigenvalue weighted by Crippen LogP contribution is 2.32. The number of nitrogens with zero attached hydrogens (tertiary/aromatic N) is 2. The quantitative estimate of drug-likeness (QED) is 0.908. The molecule has 1 amide bonds. The second kappa shape index (κ2) is 5.53. The summed E-state index contributed by atoms with van der Waals surface area (Å²) in [7, 11) is 1.83. The second-order valence-corrected chi connectivity index (χ2v) is 6.58. The number of amides is 1. The third kappa shape index (κ3) is 2.37. The van der Waals surface area contributed by atoms with E-state index in [-0.39, 0.29) is 11.9 Å².